The molecule has 18 nitrogen and oxygen atoms in total. The van der Waals surface area contributed by atoms with Crippen molar-refractivity contribution in [3.63, 3.8) is 0 Å². The number of amides is 6. The number of carbonyl (C=O) groups excluding carboxylic acids is 6. The first-order chi connectivity index (χ1) is 35.1. The van der Waals surface area contributed by atoms with Crippen LogP contribution in [0.5, 0.6) is 0 Å². The number of benzene rings is 2. The van der Waals surface area contributed by atoms with Gasteiger partial charge in [0.2, 0.25) is 23.6 Å². The van der Waals surface area contributed by atoms with Crippen LogP contribution in [-0.2, 0) is 25.7 Å². The molecule has 20 heteroatoms. The summed E-state index contributed by atoms with van der Waals surface area (Å²) in [4.78, 5) is 99.6. The first kappa shape index (κ1) is 50.3. The van der Waals surface area contributed by atoms with E-state index in [4.69, 9.17) is 0 Å². The number of anilines is 4. The predicted molar refractivity (Wildman–Crippen MR) is 270 cm³/mol. The van der Waals surface area contributed by atoms with Gasteiger partial charge < -0.3 is 30.2 Å². The number of hydrogen-bond acceptors (Lipinski definition) is 14. The Morgan fingerprint density at radius 2 is 1.49 bits per heavy atom. The molecule has 6 amide bonds. The number of halogens is 2. The van der Waals surface area contributed by atoms with Gasteiger partial charge in [-0.25, -0.2) is 18.7 Å². The Balaban J connectivity index is 0.626. The fraction of sp³-hybridized carbons (Fsp3) is 0.585. The number of likely N-dealkylation sites (tertiary alicyclic amines) is 2. The zero-order chi connectivity index (χ0) is 51.0. The van der Waals surface area contributed by atoms with E-state index in [0.29, 0.717) is 75.7 Å². The minimum absolute atomic E-state index is 0.0363. The van der Waals surface area contributed by atoms with Gasteiger partial charge in [0.05, 0.1) is 28.9 Å². The maximum Gasteiger partial charge on any atom is 0.262 e. The van der Waals surface area contributed by atoms with E-state index in [0.717, 1.165) is 101 Å². The summed E-state index contributed by atoms with van der Waals surface area (Å²) in [5.74, 6) is -1.13. The van der Waals surface area contributed by atoms with Crippen LogP contribution in [0.1, 0.15) is 104 Å². The Morgan fingerprint density at radius 1 is 0.753 bits per heavy atom. The van der Waals surface area contributed by atoms with E-state index in [1.807, 2.05) is 17.0 Å². The lowest BCUT2D eigenvalue weighted by molar-refractivity contribution is -0.136. The number of hydrogen-bond donors (Lipinski definition) is 3. The Morgan fingerprint density at radius 3 is 2.23 bits per heavy atom. The van der Waals surface area contributed by atoms with E-state index in [-0.39, 0.29) is 53.4 Å². The lowest BCUT2D eigenvalue weighted by atomic mass is 9.82. The highest BCUT2D eigenvalue weighted by Crippen LogP contribution is 2.36. The highest BCUT2D eigenvalue weighted by molar-refractivity contribution is 6.23. The molecule has 1 spiro atoms. The molecule has 390 valence electrons. The van der Waals surface area contributed by atoms with Gasteiger partial charge in [0.25, 0.3) is 11.8 Å². The summed E-state index contributed by atoms with van der Waals surface area (Å²) in [5, 5.41) is 8.79. The molecule has 3 N–H and O–H groups in total. The molecule has 1 atom stereocenters. The number of piperidine rings is 4. The Bertz CT molecular complexity index is 2620. The molecule has 1 unspecified atom stereocenters. The quantitative estimate of drug-likeness (QED) is 0.165. The van der Waals surface area contributed by atoms with Crippen LogP contribution in [0.25, 0.3) is 0 Å². The number of rotatable bonds is 13. The summed E-state index contributed by atoms with van der Waals surface area (Å²) >= 11 is 0. The van der Waals surface area contributed by atoms with Gasteiger partial charge in [-0.2, -0.15) is 0 Å². The van der Waals surface area contributed by atoms with Crippen molar-refractivity contribution in [3.8, 4) is 0 Å². The van der Waals surface area contributed by atoms with E-state index in [1.54, 1.807) is 17.0 Å². The standard InChI is InChI=1S/C53H68F2N12O6/c1-52(2)11-18-61(19-12-52)31-36-26-41(55)43(28-40(36)54)66-32-47(69)60-53(33-66)13-20-64(21-14-53)45-29-44(57-34-58-45)56-15-3-4-48(70)65-16-9-35(10-17-65)30-62-22-24-63(25-23-62)37-5-6-38-39(27-37)51(73)67(50(38)72)42-7-8-46(68)59-49(42)71/h5-6,26-29,34-35,42H,3-4,7-25,30-33H2,1-2H3,(H,60,69)(H,56,57,58)(H,59,68,71). The summed E-state index contributed by atoms with van der Waals surface area (Å²) in [7, 11) is 0. The van der Waals surface area contributed by atoms with Gasteiger partial charge in [-0.05, 0) is 100 Å². The lowest BCUT2D eigenvalue weighted by Gasteiger charge is -2.48. The molecule has 0 aliphatic carbocycles. The molecule has 1 aromatic heterocycles. The minimum Gasteiger partial charge on any atom is -0.370 e. The zero-order valence-corrected chi connectivity index (χ0v) is 42.1. The smallest absolute Gasteiger partial charge is 0.262 e. The molecule has 73 heavy (non-hydrogen) atoms. The normalized spacial score (nSPS) is 23.0. The van der Waals surface area contributed by atoms with E-state index in [2.05, 4.69) is 59.4 Å². The predicted octanol–water partition coefficient (Wildman–Crippen LogP) is 4.01. The summed E-state index contributed by atoms with van der Waals surface area (Å²) < 4.78 is 31.2. The van der Waals surface area contributed by atoms with Crippen molar-refractivity contribution in [1.29, 1.82) is 0 Å². The van der Waals surface area contributed by atoms with Crippen LogP contribution in [0.15, 0.2) is 42.7 Å². The van der Waals surface area contributed by atoms with Gasteiger partial charge in [-0.15, -0.1) is 0 Å². The van der Waals surface area contributed by atoms with E-state index >= 15 is 8.78 Å². The molecular formula is C53H68F2N12O6. The molecule has 6 fully saturated rings. The van der Waals surface area contributed by atoms with Gasteiger partial charge in [0.1, 0.15) is 35.6 Å². The number of aromatic nitrogens is 2. The van der Waals surface area contributed by atoms with Crippen LogP contribution in [0, 0.1) is 23.0 Å². The second kappa shape index (κ2) is 20.9. The number of piperazine rings is 2. The van der Waals surface area contributed by atoms with E-state index < -0.39 is 46.8 Å². The fourth-order valence-electron chi connectivity index (χ4n) is 11.9. The van der Waals surface area contributed by atoms with Gasteiger partial charge in [0.15, 0.2) is 0 Å². The lowest BCUT2D eigenvalue weighted by Crippen LogP contribution is -2.66. The molecule has 7 aliphatic heterocycles. The molecule has 8 heterocycles. The number of nitrogens with one attached hydrogen (secondary N) is 3. The Labute approximate surface area is 425 Å². The van der Waals surface area contributed by atoms with Crippen LogP contribution in [0.2, 0.25) is 0 Å². The minimum atomic E-state index is -0.991. The topological polar surface area (TPSA) is 187 Å². The van der Waals surface area contributed by atoms with Gasteiger partial charge >= 0.3 is 0 Å². The molecule has 10 rings (SSSR count). The average molecular weight is 1010 g/mol. The highest BCUT2D eigenvalue weighted by Gasteiger charge is 2.46. The van der Waals surface area contributed by atoms with E-state index in [9.17, 15) is 28.8 Å². The van der Waals surface area contributed by atoms with Gasteiger partial charge in [-0.1, -0.05) is 13.8 Å². The second-order valence-corrected chi connectivity index (χ2v) is 22.1. The number of fused-ring (bicyclic) bond motifs is 1. The van der Waals surface area contributed by atoms with Crippen LogP contribution < -0.4 is 30.7 Å². The third-order valence-corrected chi connectivity index (χ3v) is 16.5. The van der Waals surface area contributed by atoms with E-state index in [1.165, 1.54) is 18.5 Å². The number of carbonyl (C=O) groups is 6. The van der Waals surface area contributed by atoms with Gasteiger partial charge in [-0.3, -0.25) is 48.8 Å². The van der Waals surface area contributed by atoms with Crippen LogP contribution in [0.3, 0.4) is 0 Å². The Hall–Kier alpha value is -6.28. The van der Waals surface area contributed by atoms with Gasteiger partial charge in [0, 0.05) is 115 Å². The van der Waals surface area contributed by atoms with Crippen LogP contribution in [-0.4, -0.2) is 168 Å². The van der Waals surface area contributed by atoms with Crippen LogP contribution in [0.4, 0.5) is 31.8 Å². The molecule has 3 aromatic rings. The van der Waals surface area contributed by atoms with Crippen molar-refractivity contribution in [1.82, 2.24) is 40.2 Å². The summed E-state index contributed by atoms with van der Waals surface area (Å²) in [6, 6.07) is 8.76. The third-order valence-electron chi connectivity index (χ3n) is 16.5. The Kier molecular flexibility index (Phi) is 14.4. The van der Waals surface area contributed by atoms with Crippen molar-refractivity contribution in [2.45, 2.75) is 96.2 Å². The molecule has 2 aromatic carbocycles. The molecule has 7 aliphatic rings. The monoisotopic (exact) mass is 1010 g/mol. The molecular weight excluding hydrogens is 939 g/mol. The first-order valence-electron chi connectivity index (χ1n) is 26.3. The maximum atomic E-state index is 15.7. The molecule has 0 bridgehead atoms. The molecule has 0 saturated carbocycles. The second-order valence-electron chi connectivity index (χ2n) is 22.1. The van der Waals surface area contributed by atoms with Crippen molar-refractivity contribution in [2.75, 3.05) is 112 Å². The summed E-state index contributed by atoms with van der Waals surface area (Å²) in [5.41, 5.74) is 1.56. The fourth-order valence-corrected chi connectivity index (χ4v) is 11.9. The largest absolute Gasteiger partial charge is 0.370 e. The average Bonchev–Trinajstić information content (AvgIpc) is 3.62. The highest BCUT2D eigenvalue weighted by atomic mass is 19.1. The molecule has 0 radical (unpaired) electrons. The van der Waals surface area contributed by atoms with Crippen molar-refractivity contribution in [2.24, 2.45) is 11.3 Å². The summed E-state index contributed by atoms with van der Waals surface area (Å²) in [6.45, 7) is 14.4. The van der Waals surface area contributed by atoms with Crippen LogP contribution >= 0.6 is 0 Å². The first-order valence-corrected chi connectivity index (χ1v) is 26.3. The third kappa shape index (κ3) is 11.1. The molecule has 6 saturated heterocycles. The van der Waals surface area contributed by atoms with Crippen molar-refractivity contribution in [3.05, 3.63) is 71.1 Å². The SMILES string of the molecule is CC1(C)CCN(Cc2cc(F)c(N3CC(=O)NC4(CCN(c5cc(NCCCC(=O)N6CCC(CN7CCN(c8ccc9c(c8)C(=O)N(C8CCC(=O)NC8=O)C9=O)CC7)CC6)ncn5)CC4)C3)cc2F)CC1. The number of imide groups is 2. The maximum absolute atomic E-state index is 15.7. The van der Waals surface area contributed by atoms with Crippen molar-refractivity contribution >= 4 is 58.5 Å². The van der Waals surface area contributed by atoms with Crippen molar-refractivity contribution < 1.29 is 37.5 Å². The number of nitrogens with zero attached hydrogens (tertiary/aromatic N) is 9. The summed E-state index contributed by atoms with van der Waals surface area (Å²) in [6.07, 6.45) is 7.96. The zero-order valence-electron chi connectivity index (χ0n) is 42.1.